The van der Waals surface area contributed by atoms with Crippen LogP contribution in [0.5, 0.6) is 23.3 Å². The van der Waals surface area contributed by atoms with Gasteiger partial charge in [-0.15, -0.1) is 0 Å². The van der Waals surface area contributed by atoms with Gasteiger partial charge in [-0.2, -0.15) is 4.98 Å². The van der Waals surface area contributed by atoms with Gasteiger partial charge in [0.15, 0.2) is 11.3 Å². The van der Waals surface area contributed by atoms with Crippen LogP contribution in [0.4, 0.5) is 14.9 Å². The van der Waals surface area contributed by atoms with E-state index < -0.39 is 12.2 Å². The number of methoxy groups -OCH3 is 1. The van der Waals surface area contributed by atoms with E-state index in [4.69, 9.17) is 30.5 Å². The first-order valence-electron chi connectivity index (χ1n) is 14.8. The van der Waals surface area contributed by atoms with Gasteiger partial charge in [0, 0.05) is 24.1 Å². The number of nitrogens with one attached hydrogen (secondary N) is 2. The van der Waals surface area contributed by atoms with Gasteiger partial charge in [-0.1, -0.05) is 23.8 Å². The van der Waals surface area contributed by atoms with E-state index in [-0.39, 0.29) is 16.6 Å². The molecule has 1 unspecified atom stereocenters. The fourth-order valence-electron chi connectivity index (χ4n) is 5.23. The second kappa shape index (κ2) is 14.4. The molecule has 1 atom stereocenters. The number of rotatable bonds is 12. The standard InChI is InChI=1S/C32H38ClFN6O5/c1-20(2)14-25(21(3)34)38-31(41)37-24-7-6-22(15-23(24)33)45-30-28-26(35-19-36-30)16-27(29(39-28)42-4)44-13-5-10-40-11-8-32(9-12-40)17-43-18-32/h6-7,14-16,19,21H,1,5,8-13,17-18H2,2-4H3,(H2,37,38,41)/b25-14+. The Balaban J connectivity index is 1.20. The molecule has 2 aliphatic heterocycles. The topological polar surface area (TPSA) is 120 Å². The molecule has 1 aromatic carbocycles. The first-order chi connectivity index (χ1) is 21.6. The summed E-state index contributed by atoms with van der Waals surface area (Å²) in [5.41, 5.74) is 2.30. The number of ether oxygens (including phenoxy) is 4. The zero-order valence-corrected chi connectivity index (χ0v) is 26.5. The molecule has 1 spiro atoms. The molecule has 2 aromatic heterocycles. The van der Waals surface area contributed by atoms with Crippen LogP contribution in [0.2, 0.25) is 5.02 Å². The third kappa shape index (κ3) is 8.19. The number of anilines is 1. The Labute approximate surface area is 266 Å². The van der Waals surface area contributed by atoms with Crippen LogP contribution in [0.3, 0.4) is 0 Å². The molecule has 0 saturated carbocycles. The lowest BCUT2D eigenvalue weighted by Crippen LogP contribution is -2.51. The second-order valence-corrected chi connectivity index (χ2v) is 11.9. The number of urea groups is 1. The van der Waals surface area contributed by atoms with Crippen LogP contribution in [-0.4, -0.2) is 78.6 Å². The number of hydrogen-bond donors (Lipinski definition) is 2. The Morgan fingerprint density at radius 3 is 2.67 bits per heavy atom. The van der Waals surface area contributed by atoms with E-state index in [9.17, 15) is 9.18 Å². The van der Waals surface area contributed by atoms with E-state index in [1.807, 2.05) is 0 Å². The molecule has 45 heavy (non-hydrogen) atoms. The number of alkyl halides is 1. The Hall–Kier alpha value is -4.00. The Morgan fingerprint density at radius 2 is 2.02 bits per heavy atom. The smallest absolute Gasteiger partial charge is 0.323 e. The van der Waals surface area contributed by atoms with Crippen molar-refractivity contribution < 1.29 is 28.1 Å². The third-order valence-corrected chi connectivity index (χ3v) is 8.12. The highest BCUT2D eigenvalue weighted by Crippen LogP contribution is 2.38. The number of pyridine rings is 1. The molecule has 0 aliphatic carbocycles. The van der Waals surface area contributed by atoms with E-state index in [2.05, 4.69) is 37.1 Å². The summed E-state index contributed by atoms with van der Waals surface area (Å²) >= 11 is 6.42. The minimum atomic E-state index is -1.39. The minimum absolute atomic E-state index is 0.0819. The van der Waals surface area contributed by atoms with Crippen LogP contribution in [0.25, 0.3) is 11.0 Å². The van der Waals surface area contributed by atoms with Gasteiger partial charge >= 0.3 is 6.03 Å². The molecular formula is C32H38ClFN6O5. The number of carbonyl (C=O) groups excluding carboxylic acids is 1. The zero-order valence-electron chi connectivity index (χ0n) is 25.7. The summed E-state index contributed by atoms with van der Waals surface area (Å²) in [4.78, 5) is 28.1. The van der Waals surface area contributed by atoms with Crippen molar-refractivity contribution in [3.05, 3.63) is 59.5 Å². The van der Waals surface area contributed by atoms with Gasteiger partial charge in [-0.05, 0) is 64.4 Å². The number of halogens is 2. The first kappa shape index (κ1) is 32.4. The number of fused-ring (bicyclic) bond motifs is 1. The van der Waals surface area contributed by atoms with Crippen molar-refractivity contribution in [1.82, 2.24) is 25.2 Å². The van der Waals surface area contributed by atoms with Crippen molar-refractivity contribution in [3.8, 4) is 23.3 Å². The van der Waals surface area contributed by atoms with E-state index >= 15 is 0 Å². The minimum Gasteiger partial charge on any atom is -0.488 e. The maximum Gasteiger partial charge on any atom is 0.323 e. The molecule has 2 N–H and O–H groups in total. The predicted octanol–water partition coefficient (Wildman–Crippen LogP) is 6.30. The Bertz CT molecular complexity index is 1570. The maximum atomic E-state index is 13.9. The van der Waals surface area contributed by atoms with E-state index in [0.717, 1.165) is 39.3 Å². The monoisotopic (exact) mass is 640 g/mol. The highest BCUT2D eigenvalue weighted by Gasteiger charge is 2.40. The average Bonchev–Trinajstić information content (AvgIpc) is 2.99. The molecule has 0 radical (unpaired) electrons. The number of aromatic nitrogens is 3. The van der Waals surface area contributed by atoms with Crippen LogP contribution in [-0.2, 0) is 4.74 Å². The fourth-order valence-corrected chi connectivity index (χ4v) is 5.44. The number of likely N-dealkylation sites (tertiary alicyclic amines) is 1. The number of allylic oxidation sites excluding steroid dienone is 3. The quantitative estimate of drug-likeness (QED) is 0.174. The summed E-state index contributed by atoms with van der Waals surface area (Å²) in [6.07, 6.45) is 4.70. The third-order valence-electron chi connectivity index (χ3n) is 7.80. The number of benzene rings is 1. The molecular weight excluding hydrogens is 603 g/mol. The zero-order chi connectivity index (χ0) is 32.0. The Kier molecular flexibility index (Phi) is 10.4. The fraction of sp³-hybridized carbons (Fsp3) is 0.438. The van der Waals surface area contributed by atoms with Crippen LogP contribution in [0, 0.1) is 5.41 Å². The van der Waals surface area contributed by atoms with E-state index in [1.165, 1.54) is 45.3 Å². The molecule has 0 bridgehead atoms. The number of amides is 2. The lowest BCUT2D eigenvalue weighted by molar-refractivity contribution is -0.139. The van der Waals surface area contributed by atoms with Crippen molar-refractivity contribution in [3.63, 3.8) is 0 Å². The summed E-state index contributed by atoms with van der Waals surface area (Å²) in [5.74, 6) is 1.31. The molecule has 5 rings (SSSR count). The van der Waals surface area contributed by atoms with Gasteiger partial charge in [0.1, 0.15) is 23.8 Å². The van der Waals surface area contributed by atoms with Gasteiger partial charge in [0.2, 0.25) is 5.88 Å². The molecule has 2 amide bonds. The molecule has 4 heterocycles. The van der Waals surface area contributed by atoms with Gasteiger partial charge < -0.3 is 34.5 Å². The van der Waals surface area contributed by atoms with Crippen LogP contribution < -0.4 is 24.8 Å². The number of nitrogens with zero attached hydrogens (tertiary/aromatic N) is 4. The SMILES string of the molecule is C=C(C)/C=C(/NC(=O)Nc1ccc(Oc2ncnc3cc(OCCCN4CCC5(CC4)COC5)c(OC)nc23)cc1Cl)C(C)F. The van der Waals surface area contributed by atoms with Gasteiger partial charge in [-0.25, -0.2) is 19.2 Å². The van der Waals surface area contributed by atoms with Gasteiger partial charge in [0.05, 0.1) is 43.3 Å². The lowest BCUT2D eigenvalue weighted by atomic mass is 9.77. The van der Waals surface area contributed by atoms with E-state index in [0.29, 0.717) is 51.7 Å². The first-order valence-corrected chi connectivity index (χ1v) is 15.2. The van der Waals surface area contributed by atoms with Crippen LogP contribution in [0.15, 0.2) is 54.5 Å². The van der Waals surface area contributed by atoms with Crippen LogP contribution >= 0.6 is 11.6 Å². The molecule has 240 valence electrons. The average molecular weight is 641 g/mol. The largest absolute Gasteiger partial charge is 0.488 e. The lowest BCUT2D eigenvalue weighted by Gasteiger charge is -2.47. The van der Waals surface area contributed by atoms with Crippen LogP contribution in [0.1, 0.15) is 33.1 Å². The summed E-state index contributed by atoms with van der Waals surface area (Å²) in [5, 5.41) is 5.29. The molecule has 2 aliphatic rings. The predicted molar refractivity (Wildman–Crippen MR) is 170 cm³/mol. The van der Waals surface area contributed by atoms with Crippen molar-refractivity contribution in [2.24, 2.45) is 5.41 Å². The molecule has 13 heteroatoms. The number of carbonyl (C=O) groups is 1. The van der Waals surface area contributed by atoms with Crippen molar-refractivity contribution in [1.29, 1.82) is 0 Å². The van der Waals surface area contributed by atoms with Crippen molar-refractivity contribution >= 4 is 34.4 Å². The van der Waals surface area contributed by atoms with E-state index in [1.54, 1.807) is 25.1 Å². The van der Waals surface area contributed by atoms with Gasteiger partial charge in [-0.3, -0.25) is 0 Å². The molecule has 2 saturated heterocycles. The second-order valence-electron chi connectivity index (χ2n) is 11.5. The Morgan fingerprint density at radius 1 is 1.24 bits per heavy atom. The molecule has 3 aromatic rings. The highest BCUT2D eigenvalue weighted by molar-refractivity contribution is 6.33. The number of hydrogen-bond acceptors (Lipinski definition) is 9. The molecule has 2 fully saturated rings. The number of piperidine rings is 1. The summed E-state index contributed by atoms with van der Waals surface area (Å²) in [6, 6.07) is 5.79. The van der Waals surface area contributed by atoms with Gasteiger partial charge in [0.25, 0.3) is 5.88 Å². The van der Waals surface area contributed by atoms with Crippen molar-refractivity contribution in [2.45, 2.75) is 39.3 Å². The normalized spacial score (nSPS) is 17.0. The highest BCUT2D eigenvalue weighted by atomic mass is 35.5. The van der Waals surface area contributed by atoms with Crippen molar-refractivity contribution in [2.75, 3.05) is 51.9 Å². The summed E-state index contributed by atoms with van der Waals surface area (Å²) < 4.78 is 36.9. The summed E-state index contributed by atoms with van der Waals surface area (Å²) in [7, 11) is 1.52. The molecule has 11 nitrogen and oxygen atoms in total. The maximum absolute atomic E-state index is 13.9. The summed E-state index contributed by atoms with van der Waals surface area (Å²) in [6.45, 7) is 12.2.